The Morgan fingerprint density at radius 3 is 2.77 bits per heavy atom. The molecule has 1 aromatic rings. The van der Waals surface area contributed by atoms with Gasteiger partial charge in [0.1, 0.15) is 0 Å². The molecule has 0 saturated heterocycles. The van der Waals surface area contributed by atoms with Crippen LogP contribution in [-0.4, -0.2) is 63.3 Å². The highest BCUT2D eigenvalue weighted by molar-refractivity contribution is 6.34. The van der Waals surface area contributed by atoms with Crippen molar-refractivity contribution in [1.82, 2.24) is 15.5 Å². The maximum Gasteiger partial charge on any atom is 0.319 e. The molecule has 1 aromatic carbocycles. The number of anilines is 1. The van der Waals surface area contributed by atoms with Crippen LogP contribution in [0.5, 0.6) is 0 Å². The van der Waals surface area contributed by atoms with E-state index >= 15 is 0 Å². The van der Waals surface area contributed by atoms with Crippen LogP contribution >= 0.6 is 11.6 Å². The number of nitrogens with zero attached hydrogens (tertiary/aromatic N) is 1. The van der Waals surface area contributed by atoms with E-state index < -0.39 is 0 Å². The van der Waals surface area contributed by atoms with Gasteiger partial charge in [-0.2, -0.15) is 0 Å². The third-order valence-electron chi connectivity index (χ3n) is 4.06. The third kappa shape index (κ3) is 7.19. The van der Waals surface area contributed by atoms with Crippen molar-refractivity contribution in [3.05, 3.63) is 28.8 Å². The fraction of sp³-hybridized carbons (Fsp3) is 0.556. The molecule has 0 heterocycles. The minimum Gasteiger partial charge on any atom is -0.383 e. The Morgan fingerprint density at radius 2 is 2.08 bits per heavy atom. The van der Waals surface area contributed by atoms with Gasteiger partial charge >= 0.3 is 6.03 Å². The van der Waals surface area contributed by atoms with Crippen LogP contribution in [0.1, 0.15) is 29.6 Å². The van der Waals surface area contributed by atoms with Crippen LogP contribution in [0, 0.1) is 0 Å². The number of hydrogen-bond donors (Lipinski definition) is 3. The fourth-order valence-electron chi connectivity index (χ4n) is 2.35. The van der Waals surface area contributed by atoms with Crippen LogP contribution in [0.25, 0.3) is 0 Å². The van der Waals surface area contributed by atoms with Crippen molar-refractivity contribution in [2.75, 3.05) is 45.7 Å². The maximum absolute atomic E-state index is 12.2. The minimum absolute atomic E-state index is 0.208. The molecule has 1 aliphatic carbocycles. The van der Waals surface area contributed by atoms with Crippen molar-refractivity contribution in [1.29, 1.82) is 0 Å². The highest BCUT2D eigenvalue weighted by Gasteiger charge is 2.24. The summed E-state index contributed by atoms with van der Waals surface area (Å²) < 4.78 is 5.02. The molecule has 0 aromatic heterocycles. The van der Waals surface area contributed by atoms with Gasteiger partial charge in [-0.1, -0.05) is 11.6 Å². The first-order valence-electron chi connectivity index (χ1n) is 8.82. The number of carbonyl (C=O) groups is 2. The number of amides is 3. The van der Waals surface area contributed by atoms with Crippen molar-refractivity contribution in [2.45, 2.75) is 25.3 Å². The van der Waals surface area contributed by atoms with Gasteiger partial charge in [-0.3, -0.25) is 4.79 Å². The van der Waals surface area contributed by atoms with E-state index in [0.717, 1.165) is 32.4 Å². The summed E-state index contributed by atoms with van der Waals surface area (Å²) in [6.45, 7) is 2.98. The van der Waals surface area contributed by atoms with Crippen molar-refractivity contribution in [3.8, 4) is 0 Å². The second-order valence-corrected chi connectivity index (χ2v) is 6.88. The molecular formula is C18H27ClN4O3. The van der Waals surface area contributed by atoms with Crippen LogP contribution in [0.3, 0.4) is 0 Å². The first kappa shape index (κ1) is 20.5. The molecule has 3 amide bonds. The lowest BCUT2D eigenvalue weighted by molar-refractivity contribution is 0.0951. The zero-order chi connectivity index (χ0) is 18.9. The zero-order valence-corrected chi connectivity index (χ0v) is 16.1. The highest BCUT2D eigenvalue weighted by Crippen LogP contribution is 2.23. The Labute approximate surface area is 159 Å². The molecule has 0 bridgehead atoms. The summed E-state index contributed by atoms with van der Waals surface area (Å²) in [5, 5.41) is 8.80. The van der Waals surface area contributed by atoms with E-state index in [2.05, 4.69) is 20.9 Å². The molecule has 144 valence electrons. The van der Waals surface area contributed by atoms with Gasteiger partial charge in [0.2, 0.25) is 0 Å². The van der Waals surface area contributed by atoms with Crippen molar-refractivity contribution in [3.63, 3.8) is 0 Å². The number of hydrogen-bond acceptors (Lipinski definition) is 4. The number of likely N-dealkylation sites (N-methyl/N-ethyl adjacent to an activating group) is 1. The smallest absolute Gasteiger partial charge is 0.319 e. The number of rotatable bonds is 10. The molecule has 1 aliphatic rings. The van der Waals surface area contributed by atoms with Crippen LogP contribution in [0.4, 0.5) is 10.5 Å². The van der Waals surface area contributed by atoms with Gasteiger partial charge in [0.25, 0.3) is 5.91 Å². The SMILES string of the molecule is COCCN(C)CCCNC(=O)Nc1ccc(Cl)c(C(=O)NC2CC2)c1. The van der Waals surface area contributed by atoms with E-state index in [1.165, 1.54) is 0 Å². The average molecular weight is 383 g/mol. The molecule has 0 atom stereocenters. The lowest BCUT2D eigenvalue weighted by atomic mass is 10.2. The molecule has 1 saturated carbocycles. The summed E-state index contributed by atoms with van der Waals surface area (Å²) in [5.74, 6) is -0.208. The maximum atomic E-state index is 12.2. The molecule has 2 rings (SSSR count). The summed E-state index contributed by atoms with van der Waals surface area (Å²) in [6, 6.07) is 4.83. The van der Waals surface area contributed by atoms with Gasteiger partial charge in [0.15, 0.2) is 0 Å². The molecule has 1 fully saturated rings. The van der Waals surface area contributed by atoms with E-state index in [1.54, 1.807) is 25.3 Å². The van der Waals surface area contributed by atoms with E-state index in [0.29, 0.717) is 29.4 Å². The summed E-state index contributed by atoms with van der Waals surface area (Å²) in [4.78, 5) is 26.3. The van der Waals surface area contributed by atoms with Gasteiger partial charge in [0.05, 0.1) is 17.2 Å². The van der Waals surface area contributed by atoms with Crippen molar-refractivity contribution < 1.29 is 14.3 Å². The summed E-state index contributed by atoms with van der Waals surface area (Å²) in [7, 11) is 3.69. The standard InChI is InChI=1S/C18H27ClN4O3/c1-23(10-11-26-2)9-3-8-20-18(25)22-14-6-7-16(19)15(12-14)17(24)21-13-4-5-13/h6-7,12-13H,3-5,8-11H2,1-2H3,(H,21,24)(H2,20,22,25). The summed E-state index contributed by atoms with van der Waals surface area (Å²) in [5.41, 5.74) is 0.904. The molecule has 0 aliphatic heterocycles. The monoisotopic (exact) mass is 382 g/mol. The Hall–Kier alpha value is -1.83. The zero-order valence-electron chi connectivity index (χ0n) is 15.3. The quantitative estimate of drug-likeness (QED) is 0.542. The van der Waals surface area contributed by atoms with Gasteiger partial charge in [0, 0.05) is 31.9 Å². The average Bonchev–Trinajstić information content (AvgIpc) is 3.42. The lowest BCUT2D eigenvalue weighted by Gasteiger charge is -2.16. The number of benzene rings is 1. The summed E-state index contributed by atoms with van der Waals surface area (Å²) >= 11 is 6.10. The first-order chi connectivity index (χ1) is 12.5. The molecule has 7 nitrogen and oxygen atoms in total. The molecule has 0 unspecified atom stereocenters. The van der Waals surface area contributed by atoms with Crippen molar-refractivity contribution in [2.24, 2.45) is 0 Å². The second-order valence-electron chi connectivity index (χ2n) is 6.47. The predicted molar refractivity (Wildman–Crippen MR) is 103 cm³/mol. The van der Waals surface area contributed by atoms with E-state index in [4.69, 9.17) is 16.3 Å². The lowest BCUT2D eigenvalue weighted by Crippen LogP contribution is -2.32. The molecule has 8 heteroatoms. The van der Waals surface area contributed by atoms with E-state index in [-0.39, 0.29) is 18.0 Å². The van der Waals surface area contributed by atoms with Gasteiger partial charge in [-0.05, 0) is 51.1 Å². The number of ether oxygens (including phenoxy) is 1. The number of halogens is 1. The van der Waals surface area contributed by atoms with E-state index in [1.807, 2.05) is 7.05 Å². The van der Waals surface area contributed by atoms with Crippen molar-refractivity contribution >= 4 is 29.2 Å². The molecule has 3 N–H and O–H groups in total. The molecule has 0 spiro atoms. The predicted octanol–water partition coefficient (Wildman–Crippen LogP) is 2.32. The van der Waals surface area contributed by atoms with Crippen LogP contribution in [0.15, 0.2) is 18.2 Å². The van der Waals surface area contributed by atoms with Gasteiger partial charge in [-0.15, -0.1) is 0 Å². The second kappa shape index (κ2) is 10.4. The van der Waals surface area contributed by atoms with Crippen LogP contribution < -0.4 is 16.0 Å². The molecular weight excluding hydrogens is 356 g/mol. The number of urea groups is 1. The summed E-state index contributed by atoms with van der Waals surface area (Å²) in [6.07, 6.45) is 2.85. The van der Waals surface area contributed by atoms with Gasteiger partial charge in [-0.25, -0.2) is 4.79 Å². The topological polar surface area (TPSA) is 82.7 Å². The normalized spacial score (nSPS) is 13.5. The van der Waals surface area contributed by atoms with Crippen LogP contribution in [0.2, 0.25) is 5.02 Å². The number of carbonyl (C=O) groups excluding carboxylic acids is 2. The Kier molecular flexibility index (Phi) is 8.15. The Morgan fingerprint density at radius 1 is 1.31 bits per heavy atom. The van der Waals surface area contributed by atoms with Gasteiger partial charge < -0.3 is 25.6 Å². The third-order valence-corrected chi connectivity index (χ3v) is 4.39. The first-order valence-corrected chi connectivity index (χ1v) is 9.20. The largest absolute Gasteiger partial charge is 0.383 e. The highest BCUT2D eigenvalue weighted by atomic mass is 35.5. The van der Waals surface area contributed by atoms with Crippen LogP contribution in [-0.2, 0) is 4.74 Å². The van der Waals surface area contributed by atoms with E-state index in [9.17, 15) is 9.59 Å². The number of methoxy groups -OCH3 is 1. The number of nitrogens with one attached hydrogen (secondary N) is 3. The Bertz CT molecular complexity index is 622. The molecule has 0 radical (unpaired) electrons. The Balaban J connectivity index is 1.75. The molecule has 26 heavy (non-hydrogen) atoms. The minimum atomic E-state index is -0.305. The fourth-order valence-corrected chi connectivity index (χ4v) is 2.56.